The van der Waals surface area contributed by atoms with E-state index in [-0.39, 0.29) is 5.56 Å². The molecule has 8 nitrogen and oxygen atoms in total. The van der Waals surface area contributed by atoms with Crippen molar-refractivity contribution in [1.29, 1.82) is 0 Å². The number of imide groups is 2. The molecule has 1 fully saturated rings. The molecule has 0 saturated carbocycles. The van der Waals surface area contributed by atoms with E-state index in [1.165, 1.54) is 19.2 Å². The summed E-state index contributed by atoms with van der Waals surface area (Å²) in [5, 5.41) is 12.2. The summed E-state index contributed by atoms with van der Waals surface area (Å²) in [5.41, 5.74) is 0.549. The summed E-state index contributed by atoms with van der Waals surface area (Å²) in [6, 6.07) is 3.86. The van der Waals surface area contributed by atoms with E-state index < -0.39 is 36.0 Å². The van der Waals surface area contributed by atoms with Gasteiger partial charge in [0.1, 0.15) is 0 Å². The van der Waals surface area contributed by atoms with Crippen molar-refractivity contribution >= 4 is 23.8 Å². The molecule has 0 aliphatic carbocycles. The number of barbiturate groups is 1. The fourth-order valence-corrected chi connectivity index (χ4v) is 2.47. The molecule has 2 heterocycles. The largest absolute Gasteiger partial charge is 0.369 e. The van der Waals surface area contributed by atoms with Crippen LogP contribution in [0, 0.1) is 0 Å². The Morgan fingerprint density at radius 2 is 1.81 bits per heavy atom. The van der Waals surface area contributed by atoms with Gasteiger partial charge in [0.2, 0.25) is 0 Å². The van der Waals surface area contributed by atoms with Crippen LogP contribution in [0.25, 0.3) is 0 Å². The van der Waals surface area contributed by atoms with E-state index >= 15 is 0 Å². The van der Waals surface area contributed by atoms with Gasteiger partial charge in [-0.05, 0) is 6.07 Å². The summed E-state index contributed by atoms with van der Waals surface area (Å²) in [7, 11) is 1.19. The number of amides is 5. The number of aliphatic hydroxyl groups excluding tert-OH is 1. The van der Waals surface area contributed by atoms with Gasteiger partial charge < -0.3 is 5.11 Å². The van der Waals surface area contributed by atoms with Crippen molar-refractivity contribution in [3.05, 3.63) is 35.4 Å². The SMILES string of the molecule is CN1C(=O)NC(=O)C(N2C(=O)c3ccccc3C2O)C1=O. The normalized spacial score (nSPS) is 25.2. The zero-order chi connectivity index (χ0) is 15.3. The third-order valence-corrected chi connectivity index (χ3v) is 3.59. The minimum atomic E-state index is -1.57. The van der Waals surface area contributed by atoms with Gasteiger partial charge in [0.05, 0.1) is 0 Å². The molecule has 2 N–H and O–H groups in total. The van der Waals surface area contributed by atoms with E-state index in [2.05, 4.69) is 0 Å². The van der Waals surface area contributed by atoms with Crippen molar-refractivity contribution < 1.29 is 24.3 Å². The molecular formula is C13H11N3O5. The zero-order valence-corrected chi connectivity index (χ0v) is 10.9. The summed E-state index contributed by atoms with van der Waals surface area (Å²) < 4.78 is 0. The number of hydrogen-bond acceptors (Lipinski definition) is 5. The van der Waals surface area contributed by atoms with E-state index in [0.29, 0.717) is 10.5 Å². The van der Waals surface area contributed by atoms with Gasteiger partial charge in [-0.15, -0.1) is 0 Å². The van der Waals surface area contributed by atoms with Crippen LogP contribution in [0.2, 0.25) is 0 Å². The van der Waals surface area contributed by atoms with Crippen LogP contribution < -0.4 is 5.32 Å². The van der Waals surface area contributed by atoms with Gasteiger partial charge in [-0.25, -0.2) is 4.79 Å². The second-order valence-corrected chi connectivity index (χ2v) is 4.77. The molecule has 0 bridgehead atoms. The molecule has 1 saturated heterocycles. The molecule has 3 rings (SSSR count). The van der Waals surface area contributed by atoms with Crippen molar-refractivity contribution in [2.24, 2.45) is 0 Å². The smallest absolute Gasteiger partial charge is 0.330 e. The van der Waals surface area contributed by atoms with Crippen molar-refractivity contribution in [1.82, 2.24) is 15.1 Å². The van der Waals surface area contributed by atoms with Gasteiger partial charge in [-0.2, -0.15) is 0 Å². The van der Waals surface area contributed by atoms with Gasteiger partial charge in [0.25, 0.3) is 17.7 Å². The maximum atomic E-state index is 12.3. The lowest BCUT2D eigenvalue weighted by Gasteiger charge is -2.34. The highest BCUT2D eigenvalue weighted by atomic mass is 16.3. The van der Waals surface area contributed by atoms with Gasteiger partial charge >= 0.3 is 6.03 Å². The summed E-state index contributed by atoms with van der Waals surface area (Å²) in [6.07, 6.45) is -1.41. The fourth-order valence-electron chi connectivity index (χ4n) is 2.47. The average molecular weight is 289 g/mol. The van der Waals surface area contributed by atoms with Crippen LogP contribution >= 0.6 is 0 Å². The van der Waals surface area contributed by atoms with Gasteiger partial charge in [0, 0.05) is 18.2 Å². The standard InChI is InChI=1S/C13H11N3O5/c1-15-12(20)8(9(17)14-13(15)21)16-10(18)6-4-2-3-5-7(6)11(16)19/h2-5,8,10,18H,1H3,(H,14,17,21). The van der Waals surface area contributed by atoms with Crippen LogP contribution in [0.4, 0.5) is 4.79 Å². The van der Waals surface area contributed by atoms with Crippen LogP contribution in [0.15, 0.2) is 24.3 Å². The molecule has 8 heteroatoms. The topological polar surface area (TPSA) is 107 Å². The molecule has 108 valence electrons. The number of urea groups is 1. The molecule has 0 spiro atoms. The van der Waals surface area contributed by atoms with Crippen LogP contribution in [0.5, 0.6) is 0 Å². The maximum Gasteiger partial charge on any atom is 0.330 e. The third kappa shape index (κ3) is 1.73. The van der Waals surface area contributed by atoms with Crippen molar-refractivity contribution in [2.75, 3.05) is 7.05 Å². The molecule has 1 aromatic rings. The van der Waals surface area contributed by atoms with Gasteiger partial charge in [-0.1, -0.05) is 18.2 Å². The minimum absolute atomic E-state index is 0.227. The zero-order valence-electron chi connectivity index (χ0n) is 10.9. The lowest BCUT2D eigenvalue weighted by atomic mass is 10.1. The summed E-state index contributed by atoms with van der Waals surface area (Å²) >= 11 is 0. The van der Waals surface area contributed by atoms with E-state index in [4.69, 9.17) is 0 Å². The molecule has 2 atom stereocenters. The number of hydrogen-bond donors (Lipinski definition) is 2. The Morgan fingerprint density at radius 1 is 1.14 bits per heavy atom. The molecule has 2 unspecified atom stereocenters. The van der Waals surface area contributed by atoms with E-state index in [1.54, 1.807) is 12.1 Å². The second-order valence-electron chi connectivity index (χ2n) is 4.77. The third-order valence-electron chi connectivity index (χ3n) is 3.59. The highest BCUT2D eigenvalue weighted by Gasteiger charge is 2.50. The van der Waals surface area contributed by atoms with E-state index in [0.717, 1.165) is 4.90 Å². The molecule has 5 amide bonds. The number of aliphatic hydroxyl groups is 1. The molecule has 0 aromatic heterocycles. The predicted molar refractivity (Wildman–Crippen MR) is 67.7 cm³/mol. The van der Waals surface area contributed by atoms with E-state index in [1.807, 2.05) is 5.32 Å². The first-order valence-electron chi connectivity index (χ1n) is 6.15. The highest BCUT2D eigenvalue weighted by molar-refractivity contribution is 6.20. The van der Waals surface area contributed by atoms with E-state index in [9.17, 15) is 24.3 Å². The Hall–Kier alpha value is -2.74. The molecular weight excluding hydrogens is 278 g/mol. The first kappa shape index (κ1) is 13.3. The average Bonchev–Trinajstić information content (AvgIpc) is 2.71. The Labute approximate surface area is 118 Å². The number of carbonyl (C=O) groups is 4. The number of nitrogens with one attached hydrogen (secondary N) is 1. The Balaban J connectivity index is 2.02. The highest BCUT2D eigenvalue weighted by Crippen LogP contribution is 2.34. The number of nitrogens with zero attached hydrogens (tertiary/aromatic N) is 2. The number of carbonyl (C=O) groups excluding carboxylic acids is 4. The number of fused-ring (bicyclic) bond motifs is 1. The fraction of sp³-hybridized carbons (Fsp3) is 0.231. The first-order chi connectivity index (χ1) is 9.93. The summed E-state index contributed by atoms with van der Waals surface area (Å²) in [5.74, 6) is -2.42. The van der Waals surface area contributed by atoms with Crippen LogP contribution in [0.1, 0.15) is 22.1 Å². The molecule has 2 aliphatic rings. The minimum Gasteiger partial charge on any atom is -0.369 e. The van der Waals surface area contributed by atoms with Crippen molar-refractivity contribution in [3.8, 4) is 0 Å². The monoisotopic (exact) mass is 289 g/mol. The van der Waals surface area contributed by atoms with Gasteiger partial charge in [0.15, 0.2) is 12.3 Å². The van der Waals surface area contributed by atoms with Crippen LogP contribution in [-0.2, 0) is 9.59 Å². The number of rotatable bonds is 1. The predicted octanol–water partition coefficient (Wildman–Crippen LogP) is -0.790. The summed E-state index contributed by atoms with van der Waals surface area (Å²) in [4.78, 5) is 49.2. The number of likely N-dealkylation sites (N-methyl/N-ethyl adjacent to an activating group) is 1. The van der Waals surface area contributed by atoms with Crippen molar-refractivity contribution in [2.45, 2.75) is 12.3 Å². The molecule has 2 aliphatic heterocycles. The lowest BCUT2D eigenvalue weighted by Crippen LogP contribution is -2.65. The molecule has 1 aromatic carbocycles. The Kier molecular flexibility index (Phi) is 2.77. The Bertz CT molecular complexity index is 686. The van der Waals surface area contributed by atoms with Crippen LogP contribution in [0.3, 0.4) is 0 Å². The van der Waals surface area contributed by atoms with Crippen LogP contribution in [-0.4, -0.2) is 51.7 Å². The summed E-state index contributed by atoms with van der Waals surface area (Å²) in [6.45, 7) is 0. The molecule has 21 heavy (non-hydrogen) atoms. The quantitative estimate of drug-likeness (QED) is 0.659. The number of benzene rings is 1. The van der Waals surface area contributed by atoms with Crippen molar-refractivity contribution in [3.63, 3.8) is 0 Å². The second kappa shape index (κ2) is 4.38. The Morgan fingerprint density at radius 3 is 2.48 bits per heavy atom. The maximum absolute atomic E-state index is 12.3. The molecule has 0 radical (unpaired) electrons. The van der Waals surface area contributed by atoms with Gasteiger partial charge in [-0.3, -0.25) is 29.5 Å². The lowest BCUT2D eigenvalue weighted by molar-refractivity contribution is -0.146. The first-order valence-corrected chi connectivity index (χ1v) is 6.15.